The maximum absolute atomic E-state index is 5.91. The molecule has 102 valence electrons. The van der Waals surface area contributed by atoms with Gasteiger partial charge in [-0.05, 0) is 33.2 Å². The van der Waals surface area contributed by atoms with Crippen molar-refractivity contribution in [3.05, 3.63) is 0 Å². The molecule has 1 rings (SSSR count). The van der Waals surface area contributed by atoms with E-state index in [1.165, 1.54) is 32.1 Å². The van der Waals surface area contributed by atoms with Crippen molar-refractivity contribution in [1.82, 2.24) is 9.96 Å². The maximum atomic E-state index is 5.91. The van der Waals surface area contributed by atoms with Gasteiger partial charge in [-0.3, -0.25) is 9.96 Å². The number of hydrogen-bond acceptors (Lipinski definition) is 4. The van der Waals surface area contributed by atoms with E-state index in [1.54, 1.807) is 0 Å². The van der Waals surface area contributed by atoms with Gasteiger partial charge in [-0.25, -0.2) is 0 Å². The van der Waals surface area contributed by atoms with Crippen LogP contribution in [-0.4, -0.2) is 34.7 Å². The minimum Gasteiger partial charge on any atom is -0.371 e. The molecular formula is C12H28N2O2Si. The Bertz CT molecular complexity index is 182. The normalized spacial score (nSPS) is 18.5. The Morgan fingerprint density at radius 1 is 1.00 bits per heavy atom. The second kappa shape index (κ2) is 8.21. The van der Waals surface area contributed by atoms with Crippen molar-refractivity contribution in [1.29, 1.82) is 0 Å². The average Bonchev–Trinajstić information content (AvgIpc) is 2.31. The predicted molar refractivity (Wildman–Crippen MR) is 72.7 cm³/mol. The highest BCUT2D eigenvalue weighted by molar-refractivity contribution is 6.62. The molecule has 5 heteroatoms. The van der Waals surface area contributed by atoms with Crippen LogP contribution in [0.5, 0.6) is 0 Å². The lowest BCUT2D eigenvalue weighted by molar-refractivity contribution is 0.151. The smallest absolute Gasteiger partial charge is 0.371 e. The zero-order chi connectivity index (χ0) is 12.6. The van der Waals surface area contributed by atoms with Gasteiger partial charge in [0, 0.05) is 19.3 Å². The summed E-state index contributed by atoms with van der Waals surface area (Å²) in [6.07, 6.45) is 6.52. The number of nitrogens with one attached hydrogen (secondary N) is 2. The van der Waals surface area contributed by atoms with Gasteiger partial charge in [0.25, 0.3) is 0 Å². The molecule has 0 aromatic rings. The van der Waals surface area contributed by atoms with E-state index in [0.29, 0.717) is 19.3 Å². The molecule has 0 bridgehead atoms. The summed E-state index contributed by atoms with van der Waals surface area (Å²) in [7, 11) is -2.38. The largest absolute Gasteiger partial charge is 0.517 e. The summed E-state index contributed by atoms with van der Waals surface area (Å²) >= 11 is 0. The van der Waals surface area contributed by atoms with E-state index >= 15 is 0 Å². The molecule has 1 saturated carbocycles. The molecule has 4 nitrogen and oxygen atoms in total. The van der Waals surface area contributed by atoms with Crippen LogP contribution in [0.3, 0.4) is 0 Å². The van der Waals surface area contributed by atoms with Crippen molar-refractivity contribution in [2.75, 3.05) is 19.8 Å². The van der Waals surface area contributed by atoms with Crippen LogP contribution < -0.4 is 9.96 Å². The molecule has 1 fully saturated rings. The van der Waals surface area contributed by atoms with Gasteiger partial charge in [-0.1, -0.05) is 26.2 Å². The van der Waals surface area contributed by atoms with Crippen LogP contribution in [0, 0.1) is 0 Å². The fourth-order valence-corrected chi connectivity index (χ4v) is 5.09. The molecule has 0 heterocycles. The molecule has 0 amide bonds. The van der Waals surface area contributed by atoms with E-state index in [4.69, 9.17) is 8.85 Å². The van der Waals surface area contributed by atoms with Crippen molar-refractivity contribution >= 4 is 8.88 Å². The fourth-order valence-electron chi connectivity index (χ4n) is 2.43. The Hall–Kier alpha value is 0.0569. The summed E-state index contributed by atoms with van der Waals surface area (Å²) in [5.41, 5.74) is 0. The highest BCUT2D eigenvalue weighted by Gasteiger charge is 2.40. The van der Waals surface area contributed by atoms with Crippen LogP contribution in [0.15, 0.2) is 0 Å². The summed E-state index contributed by atoms with van der Waals surface area (Å²) in [5.74, 6) is 0. The lowest BCUT2D eigenvalue weighted by Gasteiger charge is -2.35. The monoisotopic (exact) mass is 260 g/mol. The van der Waals surface area contributed by atoms with Crippen molar-refractivity contribution in [3.63, 3.8) is 0 Å². The van der Waals surface area contributed by atoms with Crippen LogP contribution >= 0.6 is 0 Å². The third kappa shape index (κ3) is 5.05. The van der Waals surface area contributed by atoms with Crippen LogP contribution in [0.25, 0.3) is 0 Å². The molecule has 0 aromatic carbocycles. The predicted octanol–water partition coefficient (Wildman–Crippen LogP) is 2.03. The molecule has 17 heavy (non-hydrogen) atoms. The summed E-state index contributed by atoms with van der Waals surface area (Å²) in [5, 5.41) is 0. The van der Waals surface area contributed by atoms with Gasteiger partial charge in [0.15, 0.2) is 0 Å². The molecule has 1 aliphatic rings. The van der Waals surface area contributed by atoms with E-state index in [2.05, 4.69) is 16.9 Å². The first-order valence-corrected chi connectivity index (χ1v) is 8.88. The summed E-state index contributed by atoms with van der Waals surface area (Å²) in [6, 6.07) is 0.563. The number of hydrogen-bond donors (Lipinski definition) is 2. The molecule has 0 aliphatic heterocycles. The molecule has 1 aliphatic carbocycles. The highest BCUT2D eigenvalue weighted by Crippen LogP contribution is 2.19. The minimum absolute atomic E-state index is 0.563. The molecule has 0 unspecified atom stereocenters. The van der Waals surface area contributed by atoms with Crippen LogP contribution in [0.2, 0.25) is 0 Å². The van der Waals surface area contributed by atoms with Crippen LogP contribution in [0.1, 0.15) is 52.9 Å². The second-order valence-electron chi connectivity index (χ2n) is 4.49. The van der Waals surface area contributed by atoms with E-state index in [-0.39, 0.29) is 0 Å². The molecular weight excluding hydrogens is 232 g/mol. The second-order valence-corrected chi connectivity index (χ2v) is 6.94. The van der Waals surface area contributed by atoms with Gasteiger partial charge in [0.1, 0.15) is 0 Å². The van der Waals surface area contributed by atoms with Crippen molar-refractivity contribution in [3.8, 4) is 0 Å². The van der Waals surface area contributed by atoms with Crippen molar-refractivity contribution < 1.29 is 8.85 Å². The quantitative estimate of drug-likeness (QED) is 0.655. The minimum atomic E-state index is -2.38. The molecule has 0 spiro atoms. The molecule has 0 radical (unpaired) electrons. The third-order valence-electron chi connectivity index (χ3n) is 3.10. The van der Waals surface area contributed by atoms with Gasteiger partial charge in [-0.15, -0.1) is 0 Å². The lowest BCUT2D eigenvalue weighted by atomic mass is 9.96. The molecule has 0 aromatic heterocycles. The first-order chi connectivity index (χ1) is 8.26. The van der Waals surface area contributed by atoms with Gasteiger partial charge in [0.05, 0.1) is 0 Å². The summed E-state index contributed by atoms with van der Waals surface area (Å²) < 4.78 is 11.8. The Balaban J connectivity index is 2.57. The van der Waals surface area contributed by atoms with Crippen molar-refractivity contribution in [2.24, 2.45) is 0 Å². The molecule has 2 N–H and O–H groups in total. The van der Waals surface area contributed by atoms with E-state index < -0.39 is 8.88 Å². The fraction of sp³-hybridized carbons (Fsp3) is 1.00. The Kier molecular flexibility index (Phi) is 7.30. The summed E-state index contributed by atoms with van der Waals surface area (Å²) in [4.78, 5) is 7.08. The first-order valence-electron chi connectivity index (χ1n) is 7.07. The van der Waals surface area contributed by atoms with Gasteiger partial charge in [-0.2, -0.15) is 0 Å². The van der Waals surface area contributed by atoms with E-state index in [9.17, 15) is 0 Å². The van der Waals surface area contributed by atoms with Crippen LogP contribution in [0.4, 0.5) is 0 Å². The molecule has 0 atom stereocenters. The Morgan fingerprint density at radius 3 is 2.06 bits per heavy atom. The van der Waals surface area contributed by atoms with Gasteiger partial charge in [0.2, 0.25) is 0 Å². The van der Waals surface area contributed by atoms with Gasteiger partial charge < -0.3 is 8.85 Å². The number of rotatable bonds is 8. The van der Waals surface area contributed by atoms with E-state index in [1.807, 2.05) is 13.8 Å². The maximum Gasteiger partial charge on any atom is 0.517 e. The zero-order valence-corrected chi connectivity index (χ0v) is 12.6. The SMILES string of the molecule is CCN[Si](NC1CCCCC1)(OCC)OCC. The first kappa shape index (κ1) is 15.1. The highest BCUT2D eigenvalue weighted by atomic mass is 28.4. The summed E-state index contributed by atoms with van der Waals surface area (Å²) in [6.45, 7) is 8.42. The molecule has 0 saturated heterocycles. The van der Waals surface area contributed by atoms with Crippen molar-refractivity contribution in [2.45, 2.75) is 58.9 Å². The Labute approximate surface area is 107 Å². The standard InChI is InChI=1S/C12H28N2O2Si/c1-4-13-17(15-5-2,16-6-3)14-12-10-8-7-9-11-12/h12-14H,4-11H2,1-3H3. The average molecular weight is 260 g/mol. The van der Waals surface area contributed by atoms with Gasteiger partial charge >= 0.3 is 8.88 Å². The zero-order valence-electron chi connectivity index (χ0n) is 11.6. The topological polar surface area (TPSA) is 42.5 Å². The Morgan fingerprint density at radius 2 is 1.59 bits per heavy atom. The van der Waals surface area contributed by atoms with E-state index in [0.717, 1.165) is 6.54 Å². The third-order valence-corrected chi connectivity index (χ3v) is 6.10. The lowest BCUT2D eigenvalue weighted by Crippen LogP contribution is -2.69. The van der Waals surface area contributed by atoms with Crippen LogP contribution in [-0.2, 0) is 8.85 Å².